The van der Waals surface area contributed by atoms with Crippen molar-refractivity contribution in [2.45, 2.75) is 13.8 Å². The lowest BCUT2D eigenvalue weighted by molar-refractivity contribution is -0.112. The van der Waals surface area contributed by atoms with Gasteiger partial charge in [-0.25, -0.2) is 14.8 Å². The number of hydrogen-bond donors (Lipinski definition) is 2. The van der Waals surface area contributed by atoms with Gasteiger partial charge in [0.15, 0.2) is 0 Å². The number of ether oxygens (including phenoxy) is 1. The summed E-state index contributed by atoms with van der Waals surface area (Å²) in [5.74, 6) is -0.764. The number of rotatable bonds is 5. The number of anilines is 1. The summed E-state index contributed by atoms with van der Waals surface area (Å²) in [6.07, 6.45) is 6.05. The van der Waals surface area contributed by atoms with E-state index in [9.17, 15) is 9.59 Å². The topological polar surface area (TPSA) is 110 Å². The number of fused-ring (bicyclic) bond motifs is 1. The van der Waals surface area contributed by atoms with Crippen LogP contribution in [0.25, 0.3) is 22.3 Å². The summed E-state index contributed by atoms with van der Waals surface area (Å²) in [4.78, 5) is 39.6. The van der Waals surface area contributed by atoms with Gasteiger partial charge in [-0.15, -0.1) is 0 Å². The van der Waals surface area contributed by atoms with E-state index in [0.717, 1.165) is 0 Å². The Bertz CT molecular complexity index is 1010. The summed E-state index contributed by atoms with van der Waals surface area (Å²) in [6.45, 7) is 7.22. The smallest absolute Gasteiger partial charge is 0.340 e. The van der Waals surface area contributed by atoms with E-state index >= 15 is 0 Å². The zero-order chi connectivity index (χ0) is 18.7. The fourth-order valence-electron chi connectivity index (χ4n) is 2.43. The summed E-state index contributed by atoms with van der Waals surface area (Å²) < 4.78 is 5.09. The number of aromatic nitrogens is 4. The van der Waals surface area contributed by atoms with E-state index in [-0.39, 0.29) is 12.5 Å². The molecule has 1 amide bonds. The summed E-state index contributed by atoms with van der Waals surface area (Å²) in [6, 6.07) is 1.72. The maximum absolute atomic E-state index is 12.2. The second-order valence-electron chi connectivity index (χ2n) is 5.57. The molecule has 3 heterocycles. The molecule has 0 aliphatic carbocycles. The van der Waals surface area contributed by atoms with Gasteiger partial charge in [-0.1, -0.05) is 6.58 Å². The number of amides is 1. The third-order valence-electron chi connectivity index (χ3n) is 3.62. The molecule has 26 heavy (non-hydrogen) atoms. The van der Waals surface area contributed by atoms with E-state index in [2.05, 4.69) is 31.8 Å². The number of nitrogens with one attached hydrogen (secondary N) is 2. The first-order chi connectivity index (χ1) is 12.5. The van der Waals surface area contributed by atoms with E-state index < -0.39 is 5.97 Å². The summed E-state index contributed by atoms with van der Waals surface area (Å²) >= 11 is 0. The van der Waals surface area contributed by atoms with E-state index in [4.69, 9.17) is 4.74 Å². The predicted octanol–water partition coefficient (Wildman–Crippen LogP) is 2.71. The van der Waals surface area contributed by atoms with E-state index in [1.54, 1.807) is 32.3 Å². The molecule has 0 aliphatic rings. The molecule has 132 valence electrons. The number of pyridine rings is 1. The Hall–Kier alpha value is -3.55. The van der Waals surface area contributed by atoms with Crippen molar-refractivity contribution in [2.75, 3.05) is 11.9 Å². The van der Waals surface area contributed by atoms with Gasteiger partial charge in [-0.05, 0) is 19.9 Å². The van der Waals surface area contributed by atoms with Gasteiger partial charge in [-0.2, -0.15) is 0 Å². The molecule has 0 unspecified atom stereocenters. The van der Waals surface area contributed by atoms with Gasteiger partial charge >= 0.3 is 5.97 Å². The molecule has 0 aromatic carbocycles. The van der Waals surface area contributed by atoms with Gasteiger partial charge in [-0.3, -0.25) is 9.78 Å². The van der Waals surface area contributed by atoms with Crippen molar-refractivity contribution < 1.29 is 14.3 Å². The monoisotopic (exact) mass is 351 g/mol. The van der Waals surface area contributed by atoms with E-state index in [1.165, 1.54) is 12.5 Å². The van der Waals surface area contributed by atoms with Crippen molar-refractivity contribution in [1.82, 2.24) is 19.9 Å². The lowest BCUT2D eigenvalue weighted by atomic mass is 10.1. The standard InChI is InChI=1S/C18H17N5O3/c1-4-26-18(25)13-8-20-16-14(13)15(21-9-22-16)11-5-12(7-19-6-11)23-17(24)10(2)3/h5-9H,2,4H2,1,3H3,(H,23,24)(H,20,21,22). The third-order valence-corrected chi connectivity index (χ3v) is 3.62. The zero-order valence-electron chi connectivity index (χ0n) is 14.4. The average Bonchev–Trinajstić information content (AvgIpc) is 3.06. The van der Waals surface area contributed by atoms with Crippen molar-refractivity contribution >= 4 is 28.6 Å². The van der Waals surface area contributed by atoms with Crippen molar-refractivity contribution in [1.29, 1.82) is 0 Å². The van der Waals surface area contributed by atoms with Crippen LogP contribution in [0.3, 0.4) is 0 Å². The molecule has 0 fully saturated rings. The SMILES string of the molecule is C=C(C)C(=O)Nc1cncc(-c2ncnc3[nH]cc(C(=O)OCC)c23)c1. The maximum Gasteiger partial charge on any atom is 0.340 e. The summed E-state index contributed by atoms with van der Waals surface area (Å²) in [5.41, 5.74) is 2.87. The highest BCUT2D eigenvalue weighted by Gasteiger charge is 2.19. The molecule has 0 bridgehead atoms. The first kappa shape index (κ1) is 17.3. The molecule has 3 aromatic heterocycles. The first-order valence-electron chi connectivity index (χ1n) is 7.92. The van der Waals surface area contributed by atoms with Crippen LogP contribution in [-0.4, -0.2) is 38.4 Å². The Morgan fingerprint density at radius 3 is 2.85 bits per heavy atom. The molecular formula is C18H17N5O3. The molecule has 0 aliphatic heterocycles. The van der Waals surface area contributed by atoms with Crippen molar-refractivity contribution in [3.05, 3.63) is 48.7 Å². The van der Waals surface area contributed by atoms with Gasteiger partial charge in [0.05, 0.1) is 35.1 Å². The predicted molar refractivity (Wildman–Crippen MR) is 96.5 cm³/mol. The van der Waals surface area contributed by atoms with Gasteiger partial charge < -0.3 is 15.0 Å². The van der Waals surface area contributed by atoms with Crippen molar-refractivity contribution in [3.8, 4) is 11.3 Å². The number of H-pyrrole nitrogens is 1. The van der Waals surface area contributed by atoms with Gasteiger partial charge in [0.1, 0.15) is 12.0 Å². The number of carbonyl (C=O) groups excluding carboxylic acids is 2. The van der Waals surface area contributed by atoms with E-state index in [0.29, 0.717) is 39.1 Å². The minimum atomic E-state index is -0.463. The molecule has 0 spiro atoms. The fraction of sp³-hybridized carbons (Fsp3) is 0.167. The average molecular weight is 351 g/mol. The molecular weight excluding hydrogens is 334 g/mol. The molecule has 0 saturated carbocycles. The van der Waals surface area contributed by atoms with Crippen molar-refractivity contribution in [3.63, 3.8) is 0 Å². The Morgan fingerprint density at radius 1 is 1.31 bits per heavy atom. The molecule has 0 atom stereocenters. The van der Waals surface area contributed by atoms with Crippen LogP contribution < -0.4 is 5.32 Å². The lowest BCUT2D eigenvalue weighted by Crippen LogP contribution is -2.12. The van der Waals surface area contributed by atoms with Crippen molar-refractivity contribution in [2.24, 2.45) is 0 Å². The van der Waals surface area contributed by atoms with Crippen LogP contribution in [0.1, 0.15) is 24.2 Å². The van der Waals surface area contributed by atoms with Crippen LogP contribution in [0, 0.1) is 0 Å². The maximum atomic E-state index is 12.2. The first-order valence-corrected chi connectivity index (χ1v) is 7.92. The quantitative estimate of drug-likeness (QED) is 0.540. The summed E-state index contributed by atoms with van der Waals surface area (Å²) in [7, 11) is 0. The molecule has 3 aromatic rings. The highest BCUT2D eigenvalue weighted by Crippen LogP contribution is 2.29. The highest BCUT2D eigenvalue weighted by atomic mass is 16.5. The second-order valence-corrected chi connectivity index (χ2v) is 5.57. The van der Waals surface area contributed by atoms with Crippen LogP contribution in [0.5, 0.6) is 0 Å². The van der Waals surface area contributed by atoms with Gasteiger partial charge in [0.25, 0.3) is 5.91 Å². The Balaban J connectivity index is 2.08. The lowest BCUT2D eigenvalue weighted by Gasteiger charge is -2.08. The van der Waals surface area contributed by atoms with Gasteiger partial charge in [0.2, 0.25) is 0 Å². The van der Waals surface area contributed by atoms with Crippen LogP contribution in [0.4, 0.5) is 5.69 Å². The van der Waals surface area contributed by atoms with Crippen LogP contribution in [0.15, 0.2) is 43.1 Å². The normalized spacial score (nSPS) is 10.5. The summed E-state index contributed by atoms with van der Waals surface area (Å²) in [5, 5.41) is 3.25. The van der Waals surface area contributed by atoms with Crippen LogP contribution in [0.2, 0.25) is 0 Å². The largest absolute Gasteiger partial charge is 0.462 e. The number of nitrogens with zero attached hydrogens (tertiary/aromatic N) is 3. The van der Waals surface area contributed by atoms with Gasteiger partial charge in [0, 0.05) is 23.5 Å². The molecule has 0 saturated heterocycles. The molecule has 8 nitrogen and oxygen atoms in total. The number of carbonyl (C=O) groups is 2. The fourth-order valence-corrected chi connectivity index (χ4v) is 2.43. The second kappa shape index (κ2) is 7.14. The minimum Gasteiger partial charge on any atom is -0.462 e. The Morgan fingerprint density at radius 2 is 2.12 bits per heavy atom. The third kappa shape index (κ3) is 3.30. The number of esters is 1. The van der Waals surface area contributed by atoms with Crippen LogP contribution >= 0.6 is 0 Å². The molecule has 0 radical (unpaired) electrons. The molecule has 3 rings (SSSR count). The number of aromatic amines is 1. The van der Waals surface area contributed by atoms with E-state index in [1.807, 2.05) is 0 Å². The molecule has 8 heteroatoms. The van der Waals surface area contributed by atoms with Crippen LogP contribution in [-0.2, 0) is 9.53 Å². The Kier molecular flexibility index (Phi) is 4.74. The minimum absolute atomic E-state index is 0.262. The molecule has 2 N–H and O–H groups in total. The zero-order valence-corrected chi connectivity index (χ0v) is 14.4. The Labute approximate surface area is 149 Å². The number of hydrogen-bond acceptors (Lipinski definition) is 6. The highest BCUT2D eigenvalue weighted by molar-refractivity contribution is 6.08.